The van der Waals surface area contributed by atoms with Gasteiger partial charge in [-0.25, -0.2) is 9.37 Å². The number of amides is 1. The van der Waals surface area contributed by atoms with E-state index < -0.39 is 6.04 Å². The van der Waals surface area contributed by atoms with Crippen LogP contribution in [0.2, 0.25) is 0 Å². The Morgan fingerprint density at radius 2 is 2.08 bits per heavy atom. The topological polar surface area (TPSA) is 63.1 Å². The highest BCUT2D eigenvalue weighted by Gasteiger charge is 2.38. The molecule has 0 spiro atoms. The summed E-state index contributed by atoms with van der Waals surface area (Å²) in [5.74, 6) is -0.273. The van der Waals surface area contributed by atoms with Gasteiger partial charge in [0.25, 0.3) is 0 Å². The molecule has 25 heavy (non-hydrogen) atoms. The molecule has 7 heteroatoms. The van der Waals surface area contributed by atoms with Crippen molar-refractivity contribution in [3.63, 3.8) is 0 Å². The number of rotatable bonds is 6. The lowest BCUT2D eigenvalue weighted by Gasteiger charge is -2.32. The van der Waals surface area contributed by atoms with Gasteiger partial charge in [-0.1, -0.05) is 12.1 Å². The van der Waals surface area contributed by atoms with Crippen LogP contribution in [0, 0.1) is 5.82 Å². The van der Waals surface area contributed by atoms with E-state index in [-0.39, 0.29) is 17.8 Å². The highest BCUT2D eigenvalue weighted by atomic mass is 19.1. The number of aromatic nitrogens is 3. The van der Waals surface area contributed by atoms with Crippen molar-refractivity contribution in [2.45, 2.75) is 50.4 Å². The number of halogens is 1. The molecular weight excluding hydrogens is 321 g/mol. The summed E-state index contributed by atoms with van der Waals surface area (Å²) in [7, 11) is 0. The summed E-state index contributed by atoms with van der Waals surface area (Å²) in [6.45, 7) is 1.55. The van der Waals surface area contributed by atoms with Gasteiger partial charge in [0, 0.05) is 12.1 Å². The molecule has 1 N–H and O–H groups in total. The van der Waals surface area contributed by atoms with Crippen molar-refractivity contribution in [1.82, 2.24) is 25.0 Å². The summed E-state index contributed by atoms with van der Waals surface area (Å²) in [4.78, 5) is 19.2. The van der Waals surface area contributed by atoms with Crippen LogP contribution in [0.3, 0.4) is 0 Å². The van der Waals surface area contributed by atoms with E-state index in [1.165, 1.54) is 18.5 Å². The lowest BCUT2D eigenvalue weighted by Crippen LogP contribution is -2.44. The third-order valence-corrected chi connectivity index (χ3v) is 4.98. The molecule has 1 aliphatic carbocycles. The van der Waals surface area contributed by atoms with Crippen molar-refractivity contribution in [3.8, 4) is 0 Å². The summed E-state index contributed by atoms with van der Waals surface area (Å²) < 4.78 is 15.2. The fraction of sp³-hybridized carbons (Fsp3) is 0.500. The molecule has 2 aromatic rings. The minimum Gasteiger partial charge on any atom is -0.352 e. The van der Waals surface area contributed by atoms with E-state index in [0.717, 1.165) is 37.8 Å². The van der Waals surface area contributed by atoms with Gasteiger partial charge >= 0.3 is 0 Å². The SMILES string of the molecule is O=C(NC1CC1)[C@H](c1ccc(F)cc1)N1CCC[C@H]1Cn1cncn1. The predicted molar refractivity (Wildman–Crippen MR) is 90.1 cm³/mol. The number of likely N-dealkylation sites (tertiary alicyclic amines) is 1. The quantitative estimate of drug-likeness (QED) is 0.870. The molecule has 0 unspecified atom stereocenters. The van der Waals surface area contributed by atoms with E-state index in [9.17, 15) is 9.18 Å². The second kappa shape index (κ2) is 6.92. The van der Waals surface area contributed by atoms with Crippen LogP contribution >= 0.6 is 0 Å². The molecule has 1 amide bonds. The van der Waals surface area contributed by atoms with Gasteiger partial charge in [0.1, 0.15) is 24.5 Å². The Balaban J connectivity index is 1.59. The van der Waals surface area contributed by atoms with Crippen LogP contribution in [-0.4, -0.2) is 44.2 Å². The van der Waals surface area contributed by atoms with Crippen molar-refractivity contribution < 1.29 is 9.18 Å². The third kappa shape index (κ3) is 3.71. The minimum absolute atomic E-state index is 0.0135. The summed E-state index contributed by atoms with van der Waals surface area (Å²) in [5, 5.41) is 7.30. The first-order valence-electron chi connectivity index (χ1n) is 8.85. The minimum atomic E-state index is -0.391. The van der Waals surface area contributed by atoms with Crippen molar-refractivity contribution >= 4 is 5.91 Å². The molecule has 132 valence electrons. The van der Waals surface area contributed by atoms with Gasteiger partial charge in [-0.05, 0) is 49.9 Å². The van der Waals surface area contributed by atoms with Crippen molar-refractivity contribution in [3.05, 3.63) is 48.3 Å². The molecule has 2 aliphatic rings. The Kier molecular flexibility index (Phi) is 4.48. The van der Waals surface area contributed by atoms with Crippen LogP contribution in [0.4, 0.5) is 4.39 Å². The van der Waals surface area contributed by atoms with Gasteiger partial charge in [-0.15, -0.1) is 0 Å². The van der Waals surface area contributed by atoms with E-state index in [1.54, 1.807) is 18.5 Å². The Labute approximate surface area is 146 Å². The lowest BCUT2D eigenvalue weighted by atomic mass is 10.0. The number of hydrogen-bond acceptors (Lipinski definition) is 4. The molecule has 6 nitrogen and oxygen atoms in total. The van der Waals surface area contributed by atoms with Crippen LogP contribution in [0.1, 0.15) is 37.3 Å². The summed E-state index contributed by atoms with van der Waals surface area (Å²) in [5.41, 5.74) is 0.838. The molecule has 1 aromatic carbocycles. The number of nitrogens with zero attached hydrogens (tertiary/aromatic N) is 4. The largest absolute Gasteiger partial charge is 0.352 e. The van der Waals surface area contributed by atoms with Crippen LogP contribution in [-0.2, 0) is 11.3 Å². The maximum absolute atomic E-state index is 13.3. The molecule has 1 saturated heterocycles. The van der Waals surface area contributed by atoms with E-state index in [2.05, 4.69) is 20.3 Å². The van der Waals surface area contributed by atoms with Crippen molar-refractivity contribution in [2.24, 2.45) is 0 Å². The predicted octanol–water partition coefficient (Wildman–Crippen LogP) is 1.90. The molecular formula is C18H22FN5O. The highest BCUT2D eigenvalue weighted by molar-refractivity contribution is 5.83. The molecule has 4 rings (SSSR count). The Morgan fingerprint density at radius 1 is 1.28 bits per heavy atom. The zero-order valence-electron chi connectivity index (χ0n) is 14.0. The van der Waals surface area contributed by atoms with Gasteiger partial charge in [-0.3, -0.25) is 14.4 Å². The molecule has 2 fully saturated rings. The van der Waals surface area contributed by atoms with Crippen LogP contribution in [0.25, 0.3) is 0 Å². The van der Waals surface area contributed by atoms with E-state index in [0.29, 0.717) is 12.6 Å². The molecule has 2 heterocycles. The maximum atomic E-state index is 13.3. The van der Waals surface area contributed by atoms with Gasteiger partial charge in [0.2, 0.25) is 5.91 Å². The maximum Gasteiger partial charge on any atom is 0.242 e. The molecule has 0 bridgehead atoms. The van der Waals surface area contributed by atoms with E-state index in [4.69, 9.17) is 0 Å². The number of benzene rings is 1. The fourth-order valence-corrected chi connectivity index (χ4v) is 3.58. The average Bonchev–Trinajstić information content (AvgIpc) is 3.08. The van der Waals surface area contributed by atoms with E-state index >= 15 is 0 Å². The van der Waals surface area contributed by atoms with Gasteiger partial charge in [-0.2, -0.15) is 5.10 Å². The number of hydrogen-bond donors (Lipinski definition) is 1. The zero-order valence-corrected chi connectivity index (χ0v) is 14.0. The molecule has 2 atom stereocenters. The monoisotopic (exact) mass is 343 g/mol. The van der Waals surface area contributed by atoms with Crippen LogP contribution in [0.15, 0.2) is 36.9 Å². The smallest absolute Gasteiger partial charge is 0.242 e. The Morgan fingerprint density at radius 3 is 2.76 bits per heavy atom. The second-order valence-corrected chi connectivity index (χ2v) is 6.89. The van der Waals surface area contributed by atoms with Gasteiger partial charge in [0.05, 0.1) is 6.54 Å². The van der Waals surface area contributed by atoms with Crippen LogP contribution in [0.5, 0.6) is 0 Å². The Hall–Kier alpha value is -2.28. The highest BCUT2D eigenvalue weighted by Crippen LogP contribution is 2.32. The number of nitrogens with one attached hydrogen (secondary N) is 1. The first-order chi connectivity index (χ1) is 12.2. The Bertz CT molecular complexity index is 714. The summed E-state index contributed by atoms with van der Waals surface area (Å²) in [6.07, 6.45) is 7.36. The van der Waals surface area contributed by atoms with Crippen LogP contribution < -0.4 is 5.32 Å². The molecule has 1 aromatic heterocycles. The summed E-state index contributed by atoms with van der Waals surface area (Å²) in [6, 6.07) is 6.41. The molecule has 1 aliphatic heterocycles. The summed E-state index contributed by atoms with van der Waals surface area (Å²) >= 11 is 0. The first kappa shape index (κ1) is 16.2. The van der Waals surface area contributed by atoms with Gasteiger partial charge < -0.3 is 5.32 Å². The standard InChI is InChI=1S/C18H22FN5O/c19-14-5-3-13(4-6-14)17(18(25)22-15-7-8-15)24-9-1-2-16(24)10-23-12-20-11-21-23/h3-6,11-12,15-17H,1-2,7-10H2,(H,22,25)/t16-,17-/m0/s1. The molecule has 0 radical (unpaired) electrons. The van der Waals surface area contributed by atoms with E-state index in [1.807, 2.05) is 4.68 Å². The number of carbonyl (C=O) groups excluding carboxylic acids is 1. The fourth-order valence-electron chi connectivity index (χ4n) is 3.58. The second-order valence-electron chi connectivity index (χ2n) is 6.89. The van der Waals surface area contributed by atoms with Gasteiger partial charge in [0.15, 0.2) is 0 Å². The molecule has 1 saturated carbocycles. The first-order valence-corrected chi connectivity index (χ1v) is 8.85. The normalized spacial score (nSPS) is 22.0. The third-order valence-electron chi connectivity index (χ3n) is 4.98. The number of carbonyl (C=O) groups is 1. The zero-order chi connectivity index (χ0) is 17.2. The average molecular weight is 343 g/mol. The van der Waals surface area contributed by atoms with Crippen molar-refractivity contribution in [2.75, 3.05) is 6.54 Å². The van der Waals surface area contributed by atoms with Crippen molar-refractivity contribution in [1.29, 1.82) is 0 Å². The lowest BCUT2D eigenvalue weighted by molar-refractivity contribution is -0.127.